The van der Waals surface area contributed by atoms with Gasteiger partial charge in [-0.15, -0.1) is 0 Å². The lowest BCUT2D eigenvalue weighted by atomic mass is 10.0. The van der Waals surface area contributed by atoms with E-state index in [1.807, 2.05) is 54.6 Å². The molecule has 0 bridgehead atoms. The highest BCUT2D eigenvalue weighted by Crippen LogP contribution is 2.35. The largest absolute Gasteiger partial charge is 0.493 e. The fraction of sp³-hybridized carbons (Fsp3) is 0.120. The van der Waals surface area contributed by atoms with Gasteiger partial charge in [-0.05, 0) is 58.9 Å². The minimum absolute atomic E-state index is 0.400. The number of nitrogens with zero attached hydrogens (tertiary/aromatic N) is 1. The van der Waals surface area contributed by atoms with Crippen molar-refractivity contribution in [2.24, 2.45) is 5.16 Å². The monoisotopic (exact) mass is 525 g/mol. The van der Waals surface area contributed by atoms with Gasteiger partial charge in [-0.2, -0.15) is 0 Å². The van der Waals surface area contributed by atoms with Gasteiger partial charge in [-0.25, -0.2) is 4.79 Å². The number of hydrogen-bond donors (Lipinski definition) is 0. The molecule has 0 unspecified atom stereocenters. The third kappa shape index (κ3) is 4.80. The van der Waals surface area contributed by atoms with Crippen molar-refractivity contribution in [3.8, 4) is 11.5 Å². The molecule has 0 N–H and O–H groups in total. The maximum absolute atomic E-state index is 12.3. The number of aryl methyl sites for hydroxylation is 1. The SMILES string of the molecule is COc1cc(/C=C2\C(=O)ON=C2c2ccccc2)cc(I)c1OCc1ccc(C)cc1. The Morgan fingerprint density at radius 1 is 1.06 bits per heavy atom. The van der Waals surface area contributed by atoms with Crippen molar-refractivity contribution < 1.29 is 19.1 Å². The first kappa shape index (κ1) is 21.1. The highest BCUT2D eigenvalue weighted by molar-refractivity contribution is 14.1. The van der Waals surface area contributed by atoms with Gasteiger partial charge >= 0.3 is 5.97 Å². The van der Waals surface area contributed by atoms with Gasteiger partial charge in [0.1, 0.15) is 12.3 Å². The van der Waals surface area contributed by atoms with Crippen LogP contribution in [0.1, 0.15) is 22.3 Å². The zero-order valence-electron chi connectivity index (χ0n) is 17.1. The zero-order valence-corrected chi connectivity index (χ0v) is 19.3. The predicted octanol–water partition coefficient (Wildman–Crippen LogP) is 5.53. The molecule has 3 aromatic carbocycles. The van der Waals surface area contributed by atoms with E-state index in [2.05, 4.69) is 46.8 Å². The van der Waals surface area contributed by atoms with Crippen LogP contribution in [0.25, 0.3) is 6.08 Å². The quantitative estimate of drug-likeness (QED) is 0.241. The maximum atomic E-state index is 12.3. The Morgan fingerprint density at radius 2 is 1.81 bits per heavy atom. The third-order valence-corrected chi connectivity index (χ3v) is 5.61. The highest BCUT2D eigenvalue weighted by atomic mass is 127. The van der Waals surface area contributed by atoms with Gasteiger partial charge in [-0.1, -0.05) is 65.3 Å². The third-order valence-electron chi connectivity index (χ3n) is 4.81. The second-order valence-corrected chi connectivity index (χ2v) is 8.21. The average molecular weight is 525 g/mol. The Kier molecular flexibility index (Phi) is 6.36. The fourth-order valence-electron chi connectivity index (χ4n) is 3.18. The van der Waals surface area contributed by atoms with Crippen molar-refractivity contribution in [1.82, 2.24) is 0 Å². The fourth-order valence-corrected chi connectivity index (χ4v) is 3.96. The van der Waals surface area contributed by atoms with Crippen LogP contribution in [0, 0.1) is 10.5 Å². The van der Waals surface area contributed by atoms with Gasteiger partial charge in [0, 0.05) is 5.56 Å². The Morgan fingerprint density at radius 3 is 2.52 bits per heavy atom. The van der Waals surface area contributed by atoms with E-state index < -0.39 is 5.97 Å². The van der Waals surface area contributed by atoms with Crippen molar-refractivity contribution in [2.75, 3.05) is 7.11 Å². The summed E-state index contributed by atoms with van der Waals surface area (Å²) in [6, 6.07) is 21.5. The molecule has 0 atom stereocenters. The average Bonchev–Trinajstić information content (AvgIpc) is 3.14. The van der Waals surface area contributed by atoms with Gasteiger partial charge in [0.05, 0.1) is 16.3 Å². The molecule has 4 rings (SSSR count). The molecule has 0 spiro atoms. The van der Waals surface area contributed by atoms with E-state index in [0.717, 1.165) is 20.3 Å². The van der Waals surface area contributed by atoms with E-state index in [4.69, 9.17) is 14.3 Å². The van der Waals surface area contributed by atoms with Crippen LogP contribution in [-0.2, 0) is 16.2 Å². The second-order valence-electron chi connectivity index (χ2n) is 7.05. The highest BCUT2D eigenvalue weighted by Gasteiger charge is 2.27. The minimum Gasteiger partial charge on any atom is -0.493 e. The summed E-state index contributed by atoms with van der Waals surface area (Å²) in [6.07, 6.45) is 1.76. The van der Waals surface area contributed by atoms with Crippen LogP contribution in [0.5, 0.6) is 11.5 Å². The van der Waals surface area contributed by atoms with Crippen LogP contribution < -0.4 is 9.47 Å². The van der Waals surface area contributed by atoms with Gasteiger partial charge in [0.25, 0.3) is 0 Å². The van der Waals surface area contributed by atoms with Crippen molar-refractivity contribution in [3.63, 3.8) is 0 Å². The lowest BCUT2D eigenvalue weighted by Crippen LogP contribution is -2.07. The first-order chi connectivity index (χ1) is 15.0. The van der Waals surface area contributed by atoms with E-state index in [-0.39, 0.29) is 0 Å². The van der Waals surface area contributed by atoms with Gasteiger partial charge < -0.3 is 14.3 Å². The summed E-state index contributed by atoms with van der Waals surface area (Å²) in [7, 11) is 1.60. The Balaban J connectivity index is 1.62. The van der Waals surface area contributed by atoms with Crippen LogP contribution in [0.3, 0.4) is 0 Å². The molecule has 0 saturated heterocycles. The van der Waals surface area contributed by atoms with E-state index in [1.165, 1.54) is 5.56 Å². The van der Waals surface area contributed by atoms with Crippen molar-refractivity contribution >= 4 is 40.3 Å². The molecule has 3 aromatic rings. The van der Waals surface area contributed by atoms with Crippen LogP contribution in [0.2, 0.25) is 0 Å². The number of carbonyl (C=O) groups is 1. The summed E-state index contributed by atoms with van der Waals surface area (Å²) in [6.45, 7) is 2.49. The van der Waals surface area contributed by atoms with Gasteiger partial charge in [-0.3, -0.25) is 0 Å². The van der Waals surface area contributed by atoms with Crippen LogP contribution in [0.4, 0.5) is 0 Å². The number of rotatable bonds is 6. The summed E-state index contributed by atoms with van der Waals surface area (Å²) in [5.41, 5.74) is 4.81. The molecular formula is C25H20INO4. The first-order valence-corrected chi connectivity index (χ1v) is 10.8. The lowest BCUT2D eigenvalue weighted by molar-refractivity contribution is -0.136. The molecule has 1 heterocycles. The van der Waals surface area contributed by atoms with Gasteiger partial charge in [0.15, 0.2) is 11.5 Å². The van der Waals surface area contributed by atoms with Crippen LogP contribution in [0.15, 0.2) is 77.5 Å². The number of carbonyl (C=O) groups excluding carboxylic acids is 1. The Labute approximate surface area is 194 Å². The van der Waals surface area contributed by atoms with Gasteiger partial charge in [0.2, 0.25) is 0 Å². The molecule has 6 heteroatoms. The Bertz CT molecular complexity index is 1170. The van der Waals surface area contributed by atoms with E-state index in [9.17, 15) is 4.79 Å². The molecule has 156 valence electrons. The summed E-state index contributed by atoms with van der Waals surface area (Å²) in [5, 5.41) is 3.96. The van der Waals surface area contributed by atoms with E-state index >= 15 is 0 Å². The number of halogens is 1. The molecule has 0 aliphatic carbocycles. The zero-order chi connectivity index (χ0) is 21.8. The topological polar surface area (TPSA) is 57.1 Å². The molecule has 0 saturated carbocycles. The summed E-state index contributed by atoms with van der Waals surface area (Å²) >= 11 is 2.21. The molecule has 0 fully saturated rings. The number of ether oxygens (including phenoxy) is 2. The maximum Gasteiger partial charge on any atom is 0.368 e. The molecule has 5 nitrogen and oxygen atoms in total. The predicted molar refractivity (Wildman–Crippen MR) is 128 cm³/mol. The Hall–Kier alpha value is -3.13. The van der Waals surface area contributed by atoms with E-state index in [0.29, 0.717) is 29.4 Å². The molecule has 0 amide bonds. The van der Waals surface area contributed by atoms with Crippen molar-refractivity contribution in [1.29, 1.82) is 0 Å². The number of methoxy groups -OCH3 is 1. The standard InChI is InChI=1S/C25H20INO4/c1-16-8-10-17(11-9-16)15-30-24-21(26)13-18(14-22(24)29-2)12-20-23(27-31-25(20)28)19-6-4-3-5-7-19/h3-14H,15H2,1-2H3/b20-12-. The smallest absolute Gasteiger partial charge is 0.368 e. The van der Waals surface area contributed by atoms with E-state index in [1.54, 1.807) is 13.2 Å². The first-order valence-electron chi connectivity index (χ1n) is 9.68. The summed E-state index contributed by atoms with van der Waals surface area (Å²) < 4.78 is 12.5. The van der Waals surface area contributed by atoms with Crippen molar-refractivity contribution in [2.45, 2.75) is 13.5 Å². The lowest BCUT2D eigenvalue weighted by Gasteiger charge is -2.14. The molecule has 1 aliphatic rings. The van der Waals surface area contributed by atoms with Crippen molar-refractivity contribution in [3.05, 3.63) is 98.1 Å². The number of hydrogen-bond acceptors (Lipinski definition) is 5. The van der Waals surface area contributed by atoms with Crippen LogP contribution >= 0.6 is 22.6 Å². The molecular weight excluding hydrogens is 505 g/mol. The minimum atomic E-state index is -0.479. The molecule has 0 radical (unpaired) electrons. The second kappa shape index (κ2) is 9.34. The normalized spacial score (nSPS) is 14.4. The molecule has 1 aliphatic heterocycles. The summed E-state index contributed by atoms with van der Waals surface area (Å²) in [4.78, 5) is 17.2. The number of oxime groups is 1. The summed E-state index contributed by atoms with van der Waals surface area (Å²) in [5.74, 6) is 0.778. The molecule has 31 heavy (non-hydrogen) atoms. The molecule has 0 aromatic heterocycles. The number of benzene rings is 3. The van der Waals surface area contributed by atoms with Crippen LogP contribution in [-0.4, -0.2) is 18.8 Å².